The van der Waals surface area contributed by atoms with Gasteiger partial charge in [-0.25, -0.2) is 9.18 Å². The Kier molecular flexibility index (Phi) is 4.11. The number of hydrogen-bond donors (Lipinski definition) is 1. The molecule has 0 spiro atoms. The van der Waals surface area contributed by atoms with Crippen LogP contribution in [-0.4, -0.2) is 14.9 Å². The maximum atomic E-state index is 13.5. The summed E-state index contributed by atoms with van der Waals surface area (Å²) in [7, 11) is 0. The zero-order valence-electron chi connectivity index (χ0n) is 10.5. The molecule has 1 aromatic heterocycles. The Morgan fingerprint density at radius 3 is 2.89 bits per heavy atom. The van der Waals surface area contributed by atoms with Crippen LogP contribution in [0.25, 0.3) is 0 Å². The fraction of sp³-hybridized carbons (Fsp3) is 0.385. The first-order valence-electron chi connectivity index (χ1n) is 6.11. The van der Waals surface area contributed by atoms with E-state index in [4.69, 9.17) is 4.42 Å². The highest BCUT2D eigenvalue weighted by atomic mass is 19.1. The lowest BCUT2D eigenvalue weighted by Gasteiger charge is -2.10. The molecule has 1 N–H and O–H groups in total. The van der Waals surface area contributed by atoms with Gasteiger partial charge in [-0.15, -0.1) is 5.10 Å². The molecule has 0 aliphatic carbocycles. The van der Waals surface area contributed by atoms with E-state index in [2.05, 4.69) is 5.10 Å². The van der Waals surface area contributed by atoms with E-state index in [9.17, 15) is 14.3 Å². The molecule has 0 saturated carbocycles. The third kappa shape index (κ3) is 3.08. The maximum absolute atomic E-state index is 13.5. The van der Waals surface area contributed by atoms with Gasteiger partial charge >= 0.3 is 5.76 Å². The van der Waals surface area contributed by atoms with Crippen LogP contribution >= 0.6 is 0 Å². The Morgan fingerprint density at radius 2 is 2.21 bits per heavy atom. The van der Waals surface area contributed by atoms with Crippen molar-refractivity contribution in [3.8, 4) is 0 Å². The Hall–Kier alpha value is -1.95. The van der Waals surface area contributed by atoms with Crippen molar-refractivity contribution in [2.24, 2.45) is 0 Å². The zero-order valence-corrected chi connectivity index (χ0v) is 10.5. The highest BCUT2D eigenvalue weighted by molar-refractivity contribution is 5.19. The van der Waals surface area contributed by atoms with Crippen molar-refractivity contribution in [1.82, 2.24) is 9.78 Å². The number of hydrogen-bond acceptors (Lipinski definition) is 4. The van der Waals surface area contributed by atoms with Crippen LogP contribution in [0.15, 0.2) is 33.5 Å². The molecule has 0 amide bonds. The molecule has 0 radical (unpaired) electrons. The molecule has 1 aromatic carbocycles. The van der Waals surface area contributed by atoms with Gasteiger partial charge in [0.1, 0.15) is 11.9 Å². The first-order valence-corrected chi connectivity index (χ1v) is 6.11. The van der Waals surface area contributed by atoms with E-state index in [1.165, 1.54) is 18.2 Å². The summed E-state index contributed by atoms with van der Waals surface area (Å²) in [6, 6.07) is 5.88. The number of aliphatic hydroxyl groups excluding tert-OH is 1. The number of benzene rings is 1. The molecule has 0 aliphatic heterocycles. The molecule has 5 nitrogen and oxygen atoms in total. The summed E-state index contributed by atoms with van der Waals surface area (Å²) >= 11 is 0. The van der Waals surface area contributed by atoms with Crippen molar-refractivity contribution >= 4 is 0 Å². The van der Waals surface area contributed by atoms with Crippen molar-refractivity contribution < 1.29 is 13.9 Å². The highest BCUT2D eigenvalue weighted by Gasteiger charge is 2.16. The number of aryl methyl sites for hydroxylation is 1. The molecule has 2 aromatic rings. The van der Waals surface area contributed by atoms with E-state index < -0.39 is 17.7 Å². The fourth-order valence-corrected chi connectivity index (χ4v) is 1.79. The maximum Gasteiger partial charge on any atom is 0.437 e. The van der Waals surface area contributed by atoms with E-state index in [0.29, 0.717) is 12.3 Å². The van der Waals surface area contributed by atoms with Gasteiger partial charge in [0.05, 0.1) is 6.54 Å². The van der Waals surface area contributed by atoms with E-state index >= 15 is 0 Å². The zero-order chi connectivity index (χ0) is 13.8. The first kappa shape index (κ1) is 13.5. The quantitative estimate of drug-likeness (QED) is 0.893. The van der Waals surface area contributed by atoms with Crippen LogP contribution < -0.4 is 5.76 Å². The summed E-state index contributed by atoms with van der Waals surface area (Å²) in [5.74, 6) is -0.826. The molecular formula is C13H15FN2O3. The highest BCUT2D eigenvalue weighted by Crippen LogP contribution is 2.17. The van der Waals surface area contributed by atoms with Crippen LogP contribution in [0.3, 0.4) is 0 Å². The van der Waals surface area contributed by atoms with Crippen molar-refractivity contribution in [3.05, 3.63) is 52.1 Å². The topological polar surface area (TPSA) is 68.3 Å². The number of aromatic nitrogens is 2. The molecule has 0 fully saturated rings. The average Bonchev–Trinajstić information content (AvgIpc) is 2.70. The van der Waals surface area contributed by atoms with E-state index in [1.54, 1.807) is 6.07 Å². The summed E-state index contributed by atoms with van der Waals surface area (Å²) in [4.78, 5) is 11.5. The molecule has 0 bridgehead atoms. The van der Waals surface area contributed by atoms with Crippen molar-refractivity contribution in [1.29, 1.82) is 0 Å². The Balaban J connectivity index is 2.17. The minimum absolute atomic E-state index is 0.132. The molecular weight excluding hydrogens is 251 g/mol. The van der Waals surface area contributed by atoms with E-state index in [-0.39, 0.29) is 12.1 Å². The summed E-state index contributed by atoms with van der Waals surface area (Å²) in [5, 5.41) is 13.9. The lowest BCUT2D eigenvalue weighted by Crippen LogP contribution is -2.20. The van der Waals surface area contributed by atoms with Crippen LogP contribution in [0.4, 0.5) is 4.39 Å². The van der Waals surface area contributed by atoms with Gasteiger partial charge in [-0.1, -0.05) is 25.1 Å². The minimum Gasteiger partial charge on any atom is -0.392 e. The van der Waals surface area contributed by atoms with Crippen molar-refractivity contribution in [2.45, 2.75) is 32.4 Å². The second-order valence-electron chi connectivity index (χ2n) is 4.23. The van der Waals surface area contributed by atoms with Gasteiger partial charge in [-0.3, -0.25) is 0 Å². The standard InChI is InChI=1S/C13H15FN2O3/c1-2-5-12-15-16(13(18)19-12)8-11(17)9-6-3-4-7-10(9)14/h3-4,6-7,11,17H,2,5,8H2,1H3. The molecule has 0 saturated heterocycles. The van der Waals surface area contributed by atoms with Crippen molar-refractivity contribution in [3.63, 3.8) is 0 Å². The summed E-state index contributed by atoms with van der Waals surface area (Å²) in [5.41, 5.74) is 0.134. The largest absolute Gasteiger partial charge is 0.437 e. The van der Waals surface area contributed by atoms with Gasteiger partial charge in [-0.2, -0.15) is 4.68 Å². The van der Waals surface area contributed by atoms with E-state index in [1.807, 2.05) is 6.92 Å². The first-order chi connectivity index (χ1) is 9.11. The smallest absolute Gasteiger partial charge is 0.392 e. The van der Waals surface area contributed by atoms with Crippen LogP contribution in [-0.2, 0) is 13.0 Å². The van der Waals surface area contributed by atoms with Crippen LogP contribution in [0.5, 0.6) is 0 Å². The molecule has 0 aliphatic rings. The summed E-state index contributed by atoms with van der Waals surface area (Å²) < 4.78 is 19.4. The van der Waals surface area contributed by atoms with Gasteiger partial charge < -0.3 is 9.52 Å². The van der Waals surface area contributed by atoms with Crippen LogP contribution in [0.1, 0.15) is 30.9 Å². The van der Waals surface area contributed by atoms with Gasteiger partial charge in [0, 0.05) is 12.0 Å². The fourth-order valence-electron chi connectivity index (χ4n) is 1.79. The van der Waals surface area contributed by atoms with Gasteiger partial charge in [0.25, 0.3) is 0 Å². The normalized spacial score (nSPS) is 12.6. The third-order valence-corrected chi connectivity index (χ3v) is 2.72. The summed E-state index contributed by atoms with van der Waals surface area (Å²) in [6.45, 7) is 1.81. The van der Waals surface area contributed by atoms with E-state index in [0.717, 1.165) is 11.1 Å². The predicted octanol–water partition coefficient (Wildman–Crippen LogP) is 1.66. The molecule has 1 heterocycles. The third-order valence-electron chi connectivity index (χ3n) is 2.72. The lowest BCUT2D eigenvalue weighted by molar-refractivity contribution is 0.144. The van der Waals surface area contributed by atoms with Gasteiger partial charge in [0.15, 0.2) is 0 Å². The molecule has 2 rings (SSSR count). The SMILES string of the molecule is CCCc1nn(CC(O)c2ccccc2F)c(=O)o1. The number of rotatable bonds is 5. The van der Waals surface area contributed by atoms with Gasteiger partial charge in [0.2, 0.25) is 5.89 Å². The monoisotopic (exact) mass is 266 g/mol. The molecule has 19 heavy (non-hydrogen) atoms. The summed E-state index contributed by atoms with van der Waals surface area (Å²) in [6.07, 6.45) is 0.215. The lowest BCUT2D eigenvalue weighted by atomic mass is 10.1. The predicted molar refractivity (Wildman–Crippen MR) is 66.1 cm³/mol. The molecule has 1 unspecified atom stereocenters. The Bertz CT molecular complexity index is 606. The van der Waals surface area contributed by atoms with Crippen LogP contribution in [0, 0.1) is 5.82 Å². The second kappa shape index (κ2) is 5.79. The number of halogens is 1. The Labute approximate surface area is 109 Å². The number of nitrogens with zero attached hydrogens (tertiary/aromatic N) is 2. The minimum atomic E-state index is -1.14. The van der Waals surface area contributed by atoms with Crippen LogP contribution in [0.2, 0.25) is 0 Å². The number of aliphatic hydroxyl groups is 1. The Morgan fingerprint density at radius 1 is 1.47 bits per heavy atom. The molecule has 102 valence electrons. The second-order valence-corrected chi connectivity index (χ2v) is 4.23. The molecule has 1 atom stereocenters. The average molecular weight is 266 g/mol. The molecule has 6 heteroatoms. The van der Waals surface area contributed by atoms with Gasteiger partial charge in [-0.05, 0) is 12.5 Å². The van der Waals surface area contributed by atoms with Crippen molar-refractivity contribution in [2.75, 3.05) is 0 Å².